The van der Waals surface area contributed by atoms with E-state index in [1.807, 2.05) is 109 Å². The van der Waals surface area contributed by atoms with E-state index in [9.17, 15) is 4.79 Å². The van der Waals surface area contributed by atoms with E-state index >= 15 is 4.39 Å². The Bertz CT molecular complexity index is 2660. The second-order valence-corrected chi connectivity index (χ2v) is 15.8. The highest BCUT2D eigenvalue weighted by molar-refractivity contribution is 7.24. The third-order valence-corrected chi connectivity index (χ3v) is 11.5. The zero-order chi connectivity index (χ0) is 42.0. The topological polar surface area (TPSA) is 95.4 Å². The predicted octanol–water partition coefficient (Wildman–Crippen LogP) is 12.4. The molecular weight excluding hydrogens is 808 g/mol. The highest BCUT2D eigenvalue weighted by Gasteiger charge is 2.19. The lowest BCUT2D eigenvalue weighted by atomic mass is 9.98. The van der Waals surface area contributed by atoms with Gasteiger partial charge < -0.3 is 18.9 Å². The maximum Gasteiger partial charge on any atom is 0.330 e. The van der Waals surface area contributed by atoms with E-state index in [2.05, 4.69) is 13.5 Å². The number of hydrogen-bond acceptors (Lipinski definition) is 11. The Hall–Kier alpha value is -6.89. The first-order valence-corrected chi connectivity index (χ1v) is 21.4. The van der Waals surface area contributed by atoms with Crippen LogP contribution in [-0.4, -0.2) is 42.0 Å². The van der Waals surface area contributed by atoms with E-state index in [4.69, 9.17) is 34.0 Å². The molecule has 6 aromatic carbocycles. The van der Waals surface area contributed by atoms with Gasteiger partial charge in [0.25, 0.3) is 0 Å². The normalized spacial score (nSPS) is 11.2. The summed E-state index contributed by atoms with van der Waals surface area (Å²) in [5.41, 5.74) is 6.05. The van der Waals surface area contributed by atoms with Crippen LogP contribution in [0.15, 0.2) is 151 Å². The molecule has 0 aliphatic carbocycles. The summed E-state index contributed by atoms with van der Waals surface area (Å²) in [5, 5.41) is 8.14. The number of rotatable bonds is 18. The molecule has 0 amide bonds. The van der Waals surface area contributed by atoms with Crippen molar-refractivity contribution < 1.29 is 28.1 Å². The number of hydrogen-bond donors (Lipinski definition) is 0. The molecule has 9 nitrogen and oxygen atoms in total. The van der Waals surface area contributed by atoms with Crippen molar-refractivity contribution in [3.05, 3.63) is 163 Å². The van der Waals surface area contributed by atoms with Crippen LogP contribution < -0.4 is 19.2 Å². The van der Waals surface area contributed by atoms with Crippen molar-refractivity contribution in [2.75, 3.05) is 24.8 Å². The summed E-state index contributed by atoms with van der Waals surface area (Å²) in [5.74, 6) is 1.22. The maximum atomic E-state index is 15.9. The number of para-hydroxylation sites is 2. The number of carbonyl (C=O) groups excluding carboxylic acids is 1. The van der Waals surface area contributed by atoms with Crippen LogP contribution >= 0.6 is 22.7 Å². The van der Waals surface area contributed by atoms with Gasteiger partial charge in [-0.15, -0.1) is 0 Å². The minimum atomic E-state index is -0.464. The predicted molar refractivity (Wildman–Crippen MR) is 244 cm³/mol. The molecule has 61 heavy (non-hydrogen) atoms. The number of aromatic nitrogens is 2. The molecular formula is C49H41FN4O5S2. The standard InChI is InChI=1S/C49H41FN4O5S2/c1-3-26-56-38-20-14-33(15-21-38)32-59-44-25-19-35(36-18-24-40(41(50)30-36)34-16-22-39(23-17-34)57-27-9-28-58-47(55)4-2)29-37(44)31-51-54(48-52-42-10-5-7-12-45(42)60-48)49-53-43-11-6-8-13-46(43)61-49/h4-8,10-25,29-31H,2-3,9,26-28,32H2,1H3/b51-31+. The van der Waals surface area contributed by atoms with Gasteiger partial charge in [-0.25, -0.2) is 19.2 Å². The molecule has 306 valence electrons. The van der Waals surface area contributed by atoms with Crippen molar-refractivity contribution in [3.63, 3.8) is 0 Å². The highest BCUT2D eigenvalue weighted by atomic mass is 32.1. The number of carbonyl (C=O) groups is 1. The molecule has 8 rings (SSSR count). The number of nitrogens with zero attached hydrogens (tertiary/aromatic N) is 4. The lowest BCUT2D eigenvalue weighted by molar-refractivity contribution is -0.137. The first-order valence-electron chi connectivity index (χ1n) is 19.8. The molecule has 0 fully saturated rings. The van der Waals surface area contributed by atoms with Crippen LogP contribution in [0, 0.1) is 5.82 Å². The largest absolute Gasteiger partial charge is 0.494 e. The van der Waals surface area contributed by atoms with Crippen molar-refractivity contribution in [1.82, 2.24) is 9.97 Å². The van der Waals surface area contributed by atoms with Crippen LogP contribution in [0.3, 0.4) is 0 Å². The van der Waals surface area contributed by atoms with E-state index in [1.165, 1.54) is 28.7 Å². The molecule has 0 bridgehead atoms. The van der Waals surface area contributed by atoms with Crippen LogP contribution in [0.1, 0.15) is 30.9 Å². The summed E-state index contributed by atoms with van der Waals surface area (Å²) in [4.78, 5) is 21.1. The number of hydrazone groups is 1. The van der Waals surface area contributed by atoms with E-state index in [0.29, 0.717) is 70.3 Å². The fraction of sp³-hybridized carbons (Fsp3) is 0.143. The van der Waals surface area contributed by atoms with Crippen molar-refractivity contribution in [3.8, 4) is 39.5 Å². The second-order valence-electron chi connectivity index (χ2n) is 13.8. The number of fused-ring (bicyclic) bond motifs is 2. The van der Waals surface area contributed by atoms with Crippen LogP contribution in [0.5, 0.6) is 17.2 Å². The SMILES string of the molecule is C=CC(=O)OCCCOc1ccc(-c2ccc(-c3ccc(OCc4ccc(OCCC)cc4)c(/C=N/N(c4nc5ccccc5s4)c4nc5ccccc5s4)c3)cc2F)cc1. The van der Waals surface area contributed by atoms with Crippen molar-refractivity contribution >= 4 is 65.6 Å². The summed E-state index contributed by atoms with van der Waals surface area (Å²) < 4.78 is 41.0. The number of anilines is 2. The fourth-order valence-corrected chi connectivity index (χ4v) is 8.27. The Labute approximate surface area is 361 Å². The van der Waals surface area contributed by atoms with Gasteiger partial charge in [-0.2, -0.15) is 10.1 Å². The molecule has 12 heteroatoms. The Morgan fingerprint density at radius 1 is 0.721 bits per heavy atom. The van der Waals surface area contributed by atoms with E-state index < -0.39 is 5.97 Å². The molecule has 0 aliphatic rings. The molecule has 8 aromatic rings. The summed E-state index contributed by atoms with van der Waals surface area (Å²) in [6.45, 7) is 7.04. The lowest BCUT2D eigenvalue weighted by Gasteiger charge is -2.15. The average Bonchev–Trinajstić information content (AvgIpc) is 3.93. The molecule has 0 unspecified atom stereocenters. The lowest BCUT2D eigenvalue weighted by Crippen LogP contribution is -2.09. The summed E-state index contributed by atoms with van der Waals surface area (Å²) in [7, 11) is 0. The van der Waals surface area contributed by atoms with Gasteiger partial charge >= 0.3 is 5.97 Å². The molecule has 0 atom stereocenters. The maximum absolute atomic E-state index is 15.9. The second kappa shape index (κ2) is 19.4. The van der Waals surface area contributed by atoms with Gasteiger partial charge in [0, 0.05) is 23.6 Å². The average molecular weight is 849 g/mol. The monoisotopic (exact) mass is 848 g/mol. The van der Waals surface area contributed by atoms with E-state index in [1.54, 1.807) is 29.4 Å². The summed E-state index contributed by atoms with van der Waals surface area (Å²) >= 11 is 3.06. The molecule has 0 N–H and O–H groups in total. The minimum absolute atomic E-state index is 0.237. The molecule has 2 heterocycles. The smallest absolute Gasteiger partial charge is 0.330 e. The summed E-state index contributed by atoms with van der Waals surface area (Å²) in [6.07, 6.45) is 4.34. The molecule has 0 saturated carbocycles. The zero-order valence-corrected chi connectivity index (χ0v) is 35.0. The first-order chi connectivity index (χ1) is 29.9. The summed E-state index contributed by atoms with van der Waals surface area (Å²) in [6, 6.07) is 42.1. The highest BCUT2D eigenvalue weighted by Crippen LogP contribution is 2.38. The van der Waals surface area contributed by atoms with Crippen molar-refractivity contribution in [2.24, 2.45) is 5.10 Å². The van der Waals surface area contributed by atoms with Gasteiger partial charge in [-0.3, -0.25) is 0 Å². The number of thiazole rings is 2. The molecule has 0 aliphatic heterocycles. The van der Waals surface area contributed by atoms with E-state index in [0.717, 1.165) is 49.8 Å². The third kappa shape index (κ3) is 10.1. The van der Waals surface area contributed by atoms with Crippen molar-refractivity contribution in [1.29, 1.82) is 0 Å². The van der Waals surface area contributed by atoms with Gasteiger partial charge in [0.2, 0.25) is 10.3 Å². The van der Waals surface area contributed by atoms with Gasteiger partial charge in [0.05, 0.1) is 46.5 Å². The molecule has 0 spiro atoms. The molecule has 2 aromatic heterocycles. The van der Waals surface area contributed by atoms with Crippen molar-refractivity contribution in [2.45, 2.75) is 26.4 Å². The number of esters is 1. The number of ether oxygens (including phenoxy) is 4. The van der Waals surface area contributed by atoms with Gasteiger partial charge in [0.1, 0.15) is 29.7 Å². The third-order valence-electron chi connectivity index (χ3n) is 9.48. The Balaban J connectivity index is 1.08. The van der Waals surface area contributed by atoms with Crippen LogP contribution in [-0.2, 0) is 16.1 Å². The number of benzene rings is 6. The molecule has 0 saturated heterocycles. The van der Waals surface area contributed by atoms with Gasteiger partial charge in [-0.05, 0) is 95.4 Å². The van der Waals surface area contributed by atoms with E-state index in [-0.39, 0.29) is 12.4 Å². The Morgan fingerprint density at radius 2 is 1.33 bits per heavy atom. The minimum Gasteiger partial charge on any atom is -0.494 e. The number of halogens is 1. The van der Waals surface area contributed by atoms with Crippen LogP contribution in [0.25, 0.3) is 42.7 Å². The fourth-order valence-electron chi connectivity index (χ4n) is 6.37. The quantitative estimate of drug-likeness (QED) is 0.0277. The van der Waals surface area contributed by atoms with Crippen LogP contribution in [0.4, 0.5) is 14.7 Å². The first kappa shape index (κ1) is 40.9. The Kier molecular flexibility index (Phi) is 13.0. The van der Waals surface area contributed by atoms with Gasteiger partial charge in [-0.1, -0.05) is 103 Å². The molecule has 0 radical (unpaired) electrons. The zero-order valence-electron chi connectivity index (χ0n) is 33.3. The van der Waals surface area contributed by atoms with Crippen LogP contribution in [0.2, 0.25) is 0 Å². The Morgan fingerprint density at radius 3 is 1.97 bits per heavy atom. The van der Waals surface area contributed by atoms with Gasteiger partial charge in [0.15, 0.2) is 0 Å².